The van der Waals surface area contributed by atoms with E-state index < -0.39 is 10.0 Å². The van der Waals surface area contributed by atoms with Gasteiger partial charge in [0.1, 0.15) is 5.75 Å². The van der Waals surface area contributed by atoms with E-state index in [-0.39, 0.29) is 11.4 Å². The molecule has 5 nitrogen and oxygen atoms in total. The summed E-state index contributed by atoms with van der Waals surface area (Å²) in [6.07, 6.45) is 1.82. The Morgan fingerprint density at radius 2 is 2.05 bits per heavy atom. The van der Waals surface area contributed by atoms with Crippen LogP contribution in [0.25, 0.3) is 0 Å². The Balaban J connectivity index is 2.92. The van der Waals surface area contributed by atoms with Gasteiger partial charge in [-0.25, -0.2) is 13.1 Å². The first-order valence-corrected chi connectivity index (χ1v) is 8.88. The van der Waals surface area contributed by atoms with Crippen molar-refractivity contribution in [3.63, 3.8) is 0 Å². The van der Waals surface area contributed by atoms with E-state index in [0.29, 0.717) is 30.4 Å². The number of rotatable bonds is 9. The van der Waals surface area contributed by atoms with Gasteiger partial charge >= 0.3 is 0 Å². The summed E-state index contributed by atoms with van der Waals surface area (Å²) < 4.78 is 32.7. The summed E-state index contributed by atoms with van der Waals surface area (Å²) in [6, 6.07) is 4.82. The molecule has 6 heteroatoms. The fourth-order valence-electron chi connectivity index (χ4n) is 1.71. The average molecular weight is 314 g/mol. The number of benzene rings is 1. The van der Waals surface area contributed by atoms with E-state index in [0.717, 1.165) is 12.8 Å². The molecular weight excluding hydrogens is 288 g/mol. The molecule has 0 aliphatic heterocycles. The number of hydrogen-bond donors (Lipinski definition) is 2. The highest BCUT2D eigenvalue weighted by atomic mass is 32.2. The van der Waals surface area contributed by atoms with Crippen LogP contribution in [-0.2, 0) is 16.6 Å². The maximum atomic E-state index is 12.3. The van der Waals surface area contributed by atoms with Crippen molar-refractivity contribution in [2.75, 3.05) is 13.2 Å². The van der Waals surface area contributed by atoms with Crippen LogP contribution in [0.3, 0.4) is 0 Å². The van der Waals surface area contributed by atoms with Crippen molar-refractivity contribution in [1.82, 2.24) is 4.72 Å². The number of hydrogen-bond acceptors (Lipinski definition) is 4. The van der Waals surface area contributed by atoms with Gasteiger partial charge in [0.05, 0.1) is 11.5 Å². The smallest absolute Gasteiger partial charge is 0.240 e. The van der Waals surface area contributed by atoms with Gasteiger partial charge in [0.25, 0.3) is 0 Å². The lowest BCUT2D eigenvalue weighted by Gasteiger charge is -2.14. The van der Waals surface area contributed by atoms with Gasteiger partial charge in [-0.15, -0.1) is 0 Å². The molecule has 3 N–H and O–H groups in total. The quantitative estimate of drug-likeness (QED) is 0.732. The highest BCUT2D eigenvalue weighted by molar-refractivity contribution is 7.89. The van der Waals surface area contributed by atoms with Gasteiger partial charge in [0, 0.05) is 18.7 Å². The fraction of sp³-hybridized carbons (Fsp3) is 0.600. The molecule has 21 heavy (non-hydrogen) atoms. The lowest BCUT2D eigenvalue weighted by atomic mass is 10.1. The molecule has 0 saturated carbocycles. The molecule has 0 bridgehead atoms. The van der Waals surface area contributed by atoms with Crippen LogP contribution in [-0.4, -0.2) is 21.6 Å². The molecule has 120 valence electrons. The Morgan fingerprint density at radius 3 is 2.62 bits per heavy atom. The predicted molar refractivity (Wildman–Crippen MR) is 84.8 cm³/mol. The molecule has 0 aliphatic rings. The van der Waals surface area contributed by atoms with Crippen LogP contribution in [0, 0.1) is 5.92 Å². The molecule has 0 spiro atoms. The van der Waals surface area contributed by atoms with Crippen molar-refractivity contribution < 1.29 is 13.2 Å². The van der Waals surface area contributed by atoms with Crippen LogP contribution < -0.4 is 15.2 Å². The Labute approximate surface area is 127 Å². The highest BCUT2D eigenvalue weighted by Crippen LogP contribution is 2.22. The molecule has 1 rings (SSSR count). The summed E-state index contributed by atoms with van der Waals surface area (Å²) >= 11 is 0. The van der Waals surface area contributed by atoms with E-state index in [9.17, 15) is 8.42 Å². The average Bonchev–Trinajstić information content (AvgIpc) is 2.50. The minimum absolute atomic E-state index is 0.232. The van der Waals surface area contributed by atoms with Crippen molar-refractivity contribution >= 4 is 10.0 Å². The normalized spacial score (nSPS) is 13.1. The van der Waals surface area contributed by atoms with Crippen molar-refractivity contribution in [3.05, 3.63) is 23.8 Å². The topological polar surface area (TPSA) is 81.4 Å². The van der Waals surface area contributed by atoms with Crippen molar-refractivity contribution in [1.29, 1.82) is 0 Å². The zero-order chi connectivity index (χ0) is 15.9. The fourth-order valence-corrected chi connectivity index (χ4v) is 2.93. The summed E-state index contributed by atoms with van der Waals surface area (Å²) in [5.41, 5.74) is 6.39. The van der Waals surface area contributed by atoms with Crippen LogP contribution in [0.15, 0.2) is 23.1 Å². The van der Waals surface area contributed by atoms with Gasteiger partial charge in [-0.3, -0.25) is 0 Å². The molecule has 0 fully saturated rings. The van der Waals surface area contributed by atoms with E-state index >= 15 is 0 Å². The zero-order valence-electron chi connectivity index (χ0n) is 13.1. The molecule has 0 saturated heterocycles. The Morgan fingerprint density at radius 1 is 1.33 bits per heavy atom. The third-order valence-corrected chi connectivity index (χ3v) is 4.76. The first kappa shape index (κ1) is 17.9. The van der Waals surface area contributed by atoms with E-state index in [1.807, 2.05) is 20.8 Å². The zero-order valence-corrected chi connectivity index (χ0v) is 13.9. The standard InChI is InChI=1S/C15H26N2O3S/c1-4-8-20-15-7-6-14(9-13(15)10-16)21(18,19)17-11-12(3)5-2/h6-7,9,12,17H,4-5,8,10-11,16H2,1-3H3. The lowest BCUT2D eigenvalue weighted by molar-refractivity contribution is 0.314. The Bertz CT molecular complexity index is 544. The van der Waals surface area contributed by atoms with E-state index in [1.165, 1.54) is 0 Å². The summed E-state index contributed by atoms with van der Waals surface area (Å²) in [6.45, 7) is 7.32. The number of nitrogens with one attached hydrogen (secondary N) is 1. The summed E-state index contributed by atoms with van der Waals surface area (Å²) in [5.74, 6) is 0.959. The van der Waals surface area contributed by atoms with Gasteiger partial charge in [-0.1, -0.05) is 27.2 Å². The minimum Gasteiger partial charge on any atom is -0.493 e. The van der Waals surface area contributed by atoms with Crippen molar-refractivity contribution in [2.45, 2.75) is 45.1 Å². The second-order valence-electron chi connectivity index (χ2n) is 5.19. The number of nitrogens with two attached hydrogens (primary N) is 1. The van der Waals surface area contributed by atoms with Gasteiger partial charge < -0.3 is 10.5 Å². The van der Waals surface area contributed by atoms with E-state index in [1.54, 1.807) is 18.2 Å². The second-order valence-corrected chi connectivity index (χ2v) is 6.95. The SMILES string of the molecule is CCCOc1ccc(S(=O)(=O)NCC(C)CC)cc1CN. The summed E-state index contributed by atoms with van der Waals surface area (Å²) in [5, 5.41) is 0. The van der Waals surface area contributed by atoms with E-state index in [4.69, 9.17) is 10.5 Å². The molecule has 1 aromatic rings. The molecule has 0 radical (unpaired) electrons. The second kappa shape index (κ2) is 8.36. The number of sulfonamides is 1. The van der Waals surface area contributed by atoms with E-state index in [2.05, 4.69) is 4.72 Å². The van der Waals surface area contributed by atoms with Crippen LogP contribution in [0.4, 0.5) is 0 Å². The molecule has 0 heterocycles. The molecule has 0 aliphatic carbocycles. The molecule has 1 atom stereocenters. The maximum Gasteiger partial charge on any atom is 0.240 e. The molecule has 0 aromatic heterocycles. The lowest BCUT2D eigenvalue weighted by Crippen LogP contribution is -2.28. The highest BCUT2D eigenvalue weighted by Gasteiger charge is 2.16. The van der Waals surface area contributed by atoms with Gasteiger partial charge in [0.15, 0.2) is 0 Å². The van der Waals surface area contributed by atoms with Crippen LogP contribution >= 0.6 is 0 Å². The predicted octanol–water partition coefficient (Wildman–Crippen LogP) is 2.26. The summed E-state index contributed by atoms with van der Waals surface area (Å²) in [4.78, 5) is 0.232. The first-order valence-electron chi connectivity index (χ1n) is 7.40. The minimum atomic E-state index is -3.50. The molecule has 0 amide bonds. The van der Waals surface area contributed by atoms with Crippen molar-refractivity contribution in [2.24, 2.45) is 11.7 Å². The Kier molecular flexibility index (Phi) is 7.14. The van der Waals surface area contributed by atoms with Crippen LogP contribution in [0.1, 0.15) is 39.2 Å². The largest absolute Gasteiger partial charge is 0.493 e. The monoisotopic (exact) mass is 314 g/mol. The first-order chi connectivity index (χ1) is 9.94. The van der Waals surface area contributed by atoms with Gasteiger partial charge in [0.2, 0.25) is 10.0 Å². The molecule has 1 aromatic carbocycles. The van der Waals surface area contributed by atoms with Gasteiger partial charge in [-0.2, -0.15) is 0 Å². The summed E-state index contributed by atoms with van der Waals surface area (Å²) in [7, 11) is -3.50. The van der Waals surface area contributed by atoms with Crippen LogP contribution in [0.2, 0.25) is 0 Å². The van der Waals surface area contributed by atoms with Crippen molar-refractivity contribution in [3.8, 4) is 5.75 Å². The molecule has 1 unspecified atom stereocenters. The molecular formula is C15H26N2O3S. The van der Waals surface area contributed by atoms with Gasteiger partial charge in [-0.05, 0) is 30.5 Å². The Hall–Kier alpha value is -1.11. The third-order valence-electron chi connectivity index (χ3n) is 3.34. The maximum absolute atomic E-state index is 12.3. The third kappa shape index (κ3) is 5.30. The van der Waals surface area contributed by atoms with Crippen LogP contribution in [0.5, 0.6) is 5.75 Å². The number of ether oxygens (including phenoxy) is 1.